The number of rotatable bonds is 4. The van der Waals surface area contributed by atoms with Gasteiger partial charge in [-0.15, -0.1) is 0 Å². The molecule has 1 aromatic carbocycles. The number of benzene rings is 1. The van der Waals surface area contributed by atoms with Gasteiger partial charge in [0.2, 0.25) is 0 Å². The highest BCUT2D eigenvalue weighted by atomic mass is 16.2. The Kier molecular flexibility index (Phi) is 5.05. The highest BCUT2D eigenvalue weighted by Gasteiger charge is 2.48. The standard InChI is InChI=1S/C22H24N4O3/c1-14(2)15-3-5-18(6-4-15)26-21(28)19-13-17(9-12-25(19)22(26)29)24-20(27)16-7-10-23-11-8-16/h3-8,10-11,14,17,19H,9,12-13H2,1-2H3,(H,24,27)/t17-,19-/m0/s1. The molecular weight excluding hydrogens is 368 g/mol. The van der Waals surface area contributed by atoms with E-state index in [4.69, 9.17) is 0 Å². The number of piperidine rings is 1. The molecule has 1 aromatic heterocycles. The first-order valence-corrected chi connectivity index (χ1v) is 9.91. The summed E-state index contributed by atoms with van der Waals surface area (Å²) in [5.41, 5.74) is 2.28. The molecule has 0 aliphatic carbocycles. The number of urea groups is 1. The van der Waals surface area contributed by atoms with Crippen molar-refractivity contribution in [2.75, 3.05) is 11.4 Å². The monoisotopic (exact) mass is 392 g/mol. The van der Waals surface area contributed by atoms with Crippen molar-refractivity contribution in [3.63, 3.8) is 0 Å². The van der Waals surface area contributed by atoms with Crippen LogP contribution in [0.2, 0.25) is 0 Å². The summed E-state index contributed by atoms with van der Waals surface area (Å²) in [7, 11) is 0. The molecule has 2 saturated heterocycles. The third-order valence-electron chi connectivity index (χ3n) is 5.64. The van der Waals surface area contributed by atoms with Crippen LogP contribution in [0.15, 0.2) is 48.8 Å². The van der Waals surface area contributed by atoms with E-state index in [1.54, 1.807) is 29.4 Å². The molecule has 0 saturated carbocycles. The lowest BCUT2D eigenvalue weighted by Gasteiger charge is -2.32. The van der Waals surface area contributed by atoms with Gasteiger partial charge < -0.3 is 10.2 Å². The van der Waals surface area contributed by atoms with E-state index in [2.05, 4.69) is 24.1 Å². The van der Waals surface area contributed by atoms with Gasteiger partial charge in [-0.1, -0.05) is 26.0 Å². The molecule has 2 aromatic rings. The van der Waals surface area contributed by atoms with Crippen molar-refractivity contribution in [3.05, 3.63) is 59.9 Å². The number of fused-ring (bicyclic) bond motifs is 1. The highest BCUT2D eigenvalue weighted by molar-refractivity contribution is 6.21. The molecule has 7 heteroatoms. The lowest BCUT2D eigenvalue weighted by atomic mass is 9.97. The van der Waals surface area contributed by atoms with Crippen molar-refractivity contribution in [2.45, 2.75) is 44.7 Å². The van der Waals surface area contributed by atoms with Gasteiger partial charge in [-0.25, -0.2) is 9.69 Å². The first-order valence-electron chi connectivity index (χ1n) is 9.91. The molecule has 1 N–H and O–H groups in total. The zero-order valence-electron chi connectivity index (χ0n) is 16.5. The van der Waals surface area contributed by atoms with Crippen molar-refractivity contribution >= 4 is 23.5 Å². The topological polar surface area (TPSA) is 82.6 Å². The zero-order chi connectivity index (χ0) is 20.5. The van der Waals surface area contributed by atoms with E-state index >= 15 is 0 Å². The van der Waals surface area contributed by atoms with Crippen LogP contribution in [-0.4, -0.2) is 46.4 Å². The third-order valence-corrected chi connectivity index (χ3v) is 5.64. The average Bonchev–Trinajstić information content (AvgIpc) is 2.98. The SMILES string of the molecule is CC(C)c1ccc(N2C(=O)[C@@H]3C[C@@H](NC(=O)c4ccncc4)CCN3C2=O)cc1. The van der Waals surface area contributed by atoms with E-state index < -0.39 is 6.04 Å². The molecule has 2 fully saturated rings. The van der Waals surface area contributed by atoms with Crippen LogP contribution in [-0.2, 0) is 4.79 Å². The molecule has 0 unspecified atom stereocenters. The number of amides is 4. The Labute approximate surface area is 169 Å². The normalized spacial score (nSPS) is 21.5. The molecule has 2 atom stereocenters. The lowest BCUT2D eigenvalue weighted by molar-refractivity contribution is -0.120. The molecule has 4 rings (SSSR count). The van der Waals surface area contributed by atoms with Crippen LogP contribution in [0.4, 0.5) is 10.5 Å². The van der Waals surface area contributed by atoms with Gasteiger partial charge in [0.25, 0.3) is 11.8 Å². The van der Waals surface area contributed by atoms with E-state index in [1.807, 2.05) is 24.3 Å². The largest absolute Gasteiger partial charge is 0.349 e. The molecule has 0 bridgehead atoms. The molecule has 0 radical (unpaired) electrons. The van der Waals surface area contributed by atoms with Crippen molar-refractivity contribution < 1.29 is 14.4 Å². The second-order valence-corrected chi connectivity index (χ2v) is 7.84. The van der Waals surface area contributed by atoms with Gasteiger partial charge in [-0.2, -0.15) is 0 Å². The van der Waals surface area contributed by atoms with Gasteiger partial charge in [0.15, 0.2) is 0 Å². The number of carbonyl (C=O) groups is 3. The minimum atomic E-state index is -0.538. The van der Waals surface area contributed by atoms with Crippen molar-refractivity contribution in [1.82, 2.24) is 15.2 Å². The minimum absolute atomic E-state index is 0.156. The van der Waals surface area contributed by atoms with Gasteiger partial charge in [-0.05, 0) is 48.6 Å². The maximum absolute atomic E-state index is 13.0. The molecule has 150 valence electrons. The Morgan fingerprint density at radius 3 is 2.45 bits per heavy atom. The fourth-order valence-electron chi connectivity index (χ4n) is 3.95. The summed E-state index contributed by atoms with van der Waals surface area (Å²) in [6.45, 7) is 4.64. The number of imide groups is 1. The number of aromatic nitrogens is 1. The van der Waals surface area contributed by atoms with Crippen LogP contribution >= 0.6 is 0 Å². The summed E-state index contributed by atoms with van der Waals surface area (Å²) < 4.78 is 0. The van der Waals surface area contributed by atoms with E-state index in [1.165, 1.54) is 4.90 Å². The average molecular weight is 392 g/mol. The fraction of sp³-hybridized carbons (Fsp3) is 0.364. The number of nitrogens with zero attached hydrogens (tertiary/aromatic N) is 3. The Balaban J connectivity index is 1.47. The fourth-order valence-corrected chi connectivity index (χ4v) is 3.95. The molecule has 2 aliphatic rings. The molecule has 4 amide bonds. The van der Waals surface area contributed by atoms with Crippen LogP contribution in [0.5, 0.6) is 0 Å². The highest BCUT2D eigenvalue weighted by Crippen LogP contribution is 2.31. The predicted molar refractivity (Wildman–Crippen MR) is 109 cm³/mol. The van der Waals surface area contributed by atoms with E-state index in [-0.39, 0.29) is 23.9 Å². The van der Waals surface area contributed by atoms with Gasteiger partial charge in [0, 0.05) is 30.5 Å². The predicted octanol–water partition coefficient (Wildman–Crippen LogP) is 2.93. The van der Waals surface area contributed by atoms with E-state index in [0.717, 1.165) is 5.56 Å². The second kappa shape index (κ2) is 7.66. The van der Waals surface area contributed by atoms with Crippen LogP contribution in [0.3, 0.4) is 0 Å². The molecule has 2 aliphatic heterocycles. The molecule has 7 nitrogen and oxygen atoms in total. The molecule has 29 heavy (non-hydrogen) atoms. The molecule has 0 spiro atoms. The quantitative estimate of drug-likeness (QED) is 0.811. The Bertz CT molecular complexity index is 927. The number of nitrogens with one attached hydrogen (secondary N) is 1. The van der Waals surface area contributed by atoms with E-state index in [0.29, 0.717) is 36.6 Å². The molecule has 3 heterocycles. The summed E-state index contributed by atoms with van der Waals surface area (Å²) in [6.07, 6.45) is 4.17. The zero-order valence-corrected chi connectivity index (χ0v) is 16.5. The second-order valence-electron chi connectivity index (χ2n) is 7.84. The summed E-state index contributed by atoms with van der Waals surface area (Å²) in [5, 5.41) is 2.98. The number of anilines is 1. The smallest absolute Gasteiger partial charge is 0.332 e. The van der Waals surface area contributed by atoms with Gasteiger partial charge in [0.05, 0.1) is 5.69 Å². The van der Waals surface area contributed by atoms with Crippen LogP contribution in [0.25, 0.3) is 0 Å². The summed E-state index contributed by atoms with van der Waals surface area (Å²) in [5.74, 6) is -0.0379. The van der Waals surface area contributed by atoms with Crippen molar-refractivity contribution in [3.8, 4) is 0 Å². The minimum Gasteiger partial charge on any atom is -0.349 e. The van der Waals surface area contributed by atoms with Gasteiger partial charge in [0.1, 0.15) is 6.04 Å². The molecular formula is C22H24N4O3. The lowest BCUT2D eigenvalue weighted by Crippen LogP contribution is -2.49. The summed E-state index contributed by atoms with van der Waals surface area (Å²) >= 11 is 0. The van der Waals surface area contributed by atoms with Crippen molar-refractivity contribution in [1.29, 1.82) is 0 Å². The third kappa shape index (κ3) is 3.60. The summed E-state index contributed by atoms with van der Waals surface area (Å²) in [6, 6.07) is 9.88. The van der Waals surface area contributed by atoms with Crippen LogP contribution in [0, 0.1) is 0 Å². The van der Waals surface area contributed by atoms with Gasteiger partial charge in [-0.3, -0.25) is 14.6 Å². The first-order chi connectivity index (χ1) is 14.0. The number of hydrogen-bond acceptors (Lipinski definition) is 4. The maximum Gasteiger partial charge on any atom is 0.332 e. The van der Waals surface area contributed by atoms with Crippen LogP contribution in [0.1, 0.15) is 48.5 Å². The maximum atomic E-state index is 13.0. The van der Waals surface area contributed by atoms with E-state index in [9.17, 15) is 14.4 Å². The number of carbonyl (C=O) groups excluding carboxylic acids is 3. The van der Waals surface area contributed by atoms with Gasteiger partial charge >= 0.3 is 6.03 Å². The Hall–Kier alpha value is -3.22. The van der Waals surface area contributed by atoms with Crippen molar-refractivity contribution in [2.24, 2.45) is 0 Å². The first kappa shape index (κ1) is 19.1. The Morgan fingerprint density at radius 1 is 1.10 bits per heavy atom. The summed E-state index contributed by atoms with van der Waals surface area (Å²) in [4.78, 5) is 45.1. The van der Waals surface area contributed by atoms with Crippen LogP contribution < -0.4 is 10.2 Å². The number of pyridine rings is 1. The number of hydrogen-bond donors (Lipinski definition) is 1. The Morgan fingerprint density at radius 2 is 1.79 bits per heavy atom.